The number of carboxylic acid groups (broad SMARTS) is 1. The third-order valence-corrected chi connectivity index (χ3v) is 2.65. The molecule has 4 heteroatoms. The summed E-state index contributed by atoms with van der Waals surface area (Å²) in [6, 6.07) is 7.17. The molecular weight excluding hydrogens is 226 g/mol. The summed E-state index contributed by atoms with van der Waals surface area (Å²) in [5.74, 6) is -0.855. The zero-order chi connectivity index (χ0) is 11.7. The van der Waals surface area contributed by atoms with Crippen molar-refractivity contribution in [2.24, 2.45) is 0 Å². The summed E-state index contributed by atoms with van der Waals surface area (Å²) >= 11 is 6.03. The van der Waals surface area contributed by atoms with Gasteiger partial charge in [-0.3, -0.25) is 9.78 Å². The first kappa shape index (κ1) is 10.9. The van der Waals surface area contributed by atoms with Crippen LogP contribution in [0.5, 0.6) is 0 Å². The first-order valence-electron chi connectivity index (χ1n) is 4.84. The standard InChI is InChI=1S/C12H10ClNO2/c1-7-5-8(6-11(15)16)9-3-2-4-10(13)12(9)14-7/h2-5H,6H2,1H3,(H,15,16). The van der Waals surface area contributed by atoms with Crippen LogP contribution in [0, 0.1) is 6.92 Å². The molecule has 0 unspecified atom stereocenters. The molecule has 1 heterocycles. The summed E-state index contributed by atoms with van der Waals surface area (Å²) in [7, 11) is 0. The van der Waals surface area contributed by atoms with Gasteiger partial charge in [0.05, 0.1) is 17.0 Å². The van der Waals surface area contributed by atoms with E-state index in [0.717, 1.165) is 16.6 Å². The summed E-state index contributed by atoms with van der Waals surface area (Å²) in [5, 5.41) is 10.2. The van der Waals surface area contributed by atoms with Crippen molar-refractivity contribution < 1.29 is 9.90 Å². The zero-order valence-corrected chi connectivity index (χ0v) is 9.45. The van der Waals surface area contributed by atoms with Crippen LogP contribution in [0.15, 0.2) is 24.3 Å². The van der Waals surface area contributed by atoms with E-state index in [-0.39, 0.29) is 6.42 Å². The third-order valence-electron chi connectivity index (χ3n) is 2.35. The quantitative estimate of drug-likeness (QED) is 0.871. The Morgan fingerprint density at radius 2 is 2.25 bits per heavy atom. The summed E-state index contributed by atoms with van der Waals surface area (Å²) in [5.41, 5.74) is 2.19. The van der Waals surface area contributed by atoms with Crippen molar-refractivity contribution in [1.82, 2.24) is 4.98 Å². The van der Waals surface area contributed by atoms with Crippen molar-refractivity contribution in [2.75, 3.05) is 0 Å². The van der Waals surface area contributed by atoms with Crippen molar-refractivity contribution in [1.29, 1.82) is 0 Å². The summed E-state index contributed by atoms with van der Waals surface area (Å²) < 4.78 is 0. The van der Waals surface area contributed by atoms with Gasteiger partial charge < -0.3 is 5.11 Å². The van der Waals surface area contributed by atoms with Gasteiger partial charge in [0.2, 0.25) is 0 Å². The topological polar surface area (TPSA) is 50.2 Å². The van der Waals surface area contributed by atoms with Gasteiger partial charge in [0, 0.05) is 11.1 Å². The lowest BCUT2D eigenvalue weighted by molar-refractivity contribution is -0.136. The fourth-order valence-corrected chi connectivity index (χ4v) is 1.95. The van der Waals surface area contributed by atoms with Crippen molar-refractivity contribution >= 4 is 28.5 Å². The van der Waals surface area contributed by atoms with Crippen LogP contribution in [0.4, 0.5) is 0 Å². The van der Waals surface area contributed by atoms with E-state index in [2.05, 4.69) is 4.98 Å². The maximum Gasteiger partial charge on any atom is 0.307 e. The highest BCUT2D eigenvalue weighted by Crippen LogP contribution is 2.25. The van der Waals surface area contributed by atoms with Crippen LogP contribution in [0.1, 0.15) is 11.3 Å². The molecule has 0 radical (unpaired) electrons. The van der Waals surface area contributed by atoms with Gasteiger partial charge in [0.1, 0.15) is 0 Å². The minimum atomic E-state index is -0.855. The predicted octanol–water partition coefficient (Wildman–Crippen LogP) is 2.82. The number of aliphatic carboxylic acids is 1. The van der Waals surface area contributed by atoms with E-state index in [1.54, 1.807) is 18.2 Å². The number of pyridine rings is 1. The normalized spacial score (nSPS) is 10.6. The van der Waals surface area contributed by atoms with Gasteiger partial charge in [0.25, 0.3) is 0 Å². The average Bonchev–Trinajstić information content (AvgIpc) is 2.18. The summed E-state index contributed by atoms with van der Waals surface area (Å²) in [6.07, 6.45) is -0.0137. The number of benzene rings is 1. The number of hydrogen-bond acceptors (Lipinski definition) is 2. The summed E-state index contributed by atoms with van der Waals surface area (Å²) in [6.45, 7) is 1.83. The second-order valence-corrected chi connectivity index (χ2v) is 4.04. The van der Waals surface area contributed by atoms with E-state index < -0.39 is 5.97 Å². The first-order chi connectivity index (χ1) is 7.58. The largest absolute Gasteiger partial charge is 0.481 e. The molecule has 0 aliphatic carbocycles. The maximum atomic E-state index is 10.8. The molecule has 82 valence electrons. The van der Waals surface area contributed by atoms with Gasteiger partial charge in [-0.2, -0.15) is 0 Å². The Labute approximate surface area is 97.7 Å². The maximum absolute atomic E-state index is 10.8. The molecule has 0 aliphatic heterocycles. The minimum absolute atomic E-state index is 0.0137. The van der Waals surface area contributed by atoms with Gasteiger partial charge in [-0.15, -0.1) is 0 Å². The average molecular weight is 236 g/mol. The van der Waals surface area contributed by atoms with Crippen molar-refractivity contribution in [3.8, 4) is 0 Å². The Hall–Kier alpha value is -1.61. The van der Waals surface area contributed by atoms with E-state index in [4.69, 9.17) is 16.7 Å². The number of carbonyl (C=O) groups is 1. The fourth-order valence-electron chi connectivity index (χ4n) is 1.74. The molecule has 0 bridgehead atoms. The van der Waals surface area contributed by atoms with Crippen molar-refractivity contribution in [2.45, 2.75) is 13.3 Å². The monoisotopic (exact) mass is 235 g/mol. The van der Waals surface area contributed by atoms with E-state index in [0.29, 0.717) is 10.5 Å². The van der Waals surface area contributed by atoms with Gasteiger partial charge in [0.15, 0.2) is 0 Å². The molecule has 0 spiro atoms. The van der Waals surface area contributed by atoms with E-state index >= 15 is 0 Å². The molecule has 0 fully saturated rings. The molecule has 0 saturated carbocycles. The molecule has 1 aromatic carbocycles. The molecular formula is C12H10ClNO2. The highest BCUT2D eigenvalue weighted by atomic mass is 35.5. The van der Waals surface area contributed by atoms with Crippen LogP contribution >= 0.6 is 11.6 Å². The summed E-state index contributed by atoms with van der Waals surface area (Å²) in [4.78, 5) is 15.1. The van der Waals surface area contributed by atoms with Crippen molar-refractivity contribution in [3.63, 3.8) is 0 Å². The van der Waals surface area contributed by atoms with Crippen LogP contribution in [0.2, 0.25) is 5.02 Å². The van der Waals surface area contributed by atoms with E-state index in [1.807, 2.05) is 13.0 Å². The molecule has 0 saturated heterocycles. The Kier molecular flexibility index (Phi) is 2.79. The molecule has 2 rings (SSSR count). The Morgan fingerprint density at radius 3 is 2.94 bits per heavy atom. The number of nitrogens with zero attached hydrogens (tertiary/aromatic N) is 1. The Balaban J connectivity index is 2.72. The fraction of sp³-hybridized carbons (Fsp3) is 0.167. The lowest BCUT2D eigenvalue weighted by atomic mass is 10.1. The molecule has 1 aromatic heterocycles. The predicted molar refractivity (Wildman–Crippen MR) is 62.8 cm³/mol. The highest BCUT2D eigenvalue weighted by Gasteiger charge is 2.09. The third kappa shape index (κ3) is 1.99. The SMILES string of the molecule is Cc1cc(CC(=O)O)c2cccc(Cl)c2n1. The van der Waals surface area contributed by atoms with E-state index in [1.165, 1.54) is 0 Å². The van der Waals surface area contributed by atoms with Crippen molar-refractivity contribution in [3.05, 3.63) is 40.5 Å². The molecule has 3 nitrogen and oxygen atoms in total. The second kappa shape index (κ2) is 4.10. The number of para-hydroxylation sites is 1. The number of aromatic nitrogens is 1. The van der Waals surface area contributed by atoms with Crippen LogP contribution in [0.25, 0.3) is 10.9 Å². The number of aryl methyl sites for hydroxylation is 1. The minimum Gasteiger partial charge on any atom is -0.481 e. The van der Waals surface area contributed by atoms with Crippen LogP contribution in [-0.2, 0) is 11.2 Å². The molecule has 0 atom stereocenters. The Bertz CT molecular complexity index is 566. The number of rotatable bonds is 2. The van der Waals surface area contributed by atoms with Gasteiger partial charge in [-0.25, -0.2) is 0 Å². The van der Waals surface area contributed by atoms with Gasteiger partial charge in [-0.05, 0) is 24.6 Å². The lowest BCUT2D eigenvalue weighted by Crippen LogP contribution is -2.02. The van der Waals surface area contributed by atoms with Crippen LogP contribution in [-0.4, -0.2) is 16.1 Å². The number of hydrogen-bond donors (Lipinski definition) is 1. The first-order valence-corrected chi connectivity index (χ1v) is 5.22. The second-order valence-electron chi connectivity index (χ2n) is 3.63. The Morgan fingerprint density at radius 1 is 1.50 bits per heavy atom. The zero-order valence-electron chi connectivity index (χ0n) is 8.70. The number of carboxylic acids is 1. The smallest absolute Gasteiger partial charge is 0.307 e. The van der Waals surface area contributed by atoms with Crippen LogP contribution < -0.4 is 0 Å². The number of fused-ring (bicyclic) bond motifs is 1. The lowest BCUT2D eigenvalue weighted by Gasteiger charge is -2.06. The van der Waals surface area contributed by atoms with Crippen LogP contribution in [0.3, 0.4) is 0 Å². The molecule has 2 aromatic rings. The molecule has 16 heavy (non-hydrogen) atoms. The van der Waals surface area contributed by atoms with Gasteiger partial charge in [-0.1, -0.05) is 23.7 Å². The molecule has 0 amide bonds. The number of halogens is 1. The van der Waals surface area contributed by atoms with E-state index in [9.17, 15) is 4.79 Å². The van der Waals surface area contributed by atoms with Gasteiger partial charge >= 0.3 is 5.97 Å². The highest BCUT2D eigenvalue weighted by molar-refractivity contribution is 6.35. The molecule has 0 aliphatic rings. The molecule has 1 N–H and O–H groups in total.